The maximum Gasteiger partial charge on any atom is 0.289 e. The Labute approximate surface area is 134 Å². The van der Waals surface area contributed by atoms with Gasteiger partial charge in [-0.2, -0.15) is 0 Å². The van der Waals surface area contributed by atoms with Crippen LogP contribution in [0.1, 0.15) is 24.4 Å². The summed E-state index contributed by atoms with van der Waals surface area (Å²) in [6.45, 7) is 3.91. The predicted molar refractivity (Wildman–Crippen MR) is 87.1 cm³/mol. The second kappa shape index (κ2) is 6.30. The van der Waals surface area contributed by atoms with E-state index in [1.54, 1.807) is 38.1 Å². The highest BCUT2D eigenvalue weighted by atomic mass is 35.5. The van der Waals surface area contributed by atoms with Gasteiger partial charge in [0.2, 0.25) is 0 Å². The minimum atomic E-state index is -3.17. The third-order valence-corrected chi connectivity index (χ3v) is 4.69. The Morgan fingerprint density at radius 2 is 2.05 bits per heavy atom. The minimum Gasteiger partial charge on any atom is -0.451 e. The van der Waals surface area contributed by atoms with Gasteiger partial charge in [0.15, 0.2) is 5.76 Å². The molecule has 7 heteroatoms. The van der Waals surface area contributed by atoms with Crippen LogP contribution in [0.4, 0.5) is 0 Å². The van der Waals surface area contributed by atoms with Crippen LogP contribution in [0.25, 0.3) is 11.0 Å². The van der Waals surface area contributed by atoms with Crippen LogP contribution in [0.3, 0.4) is 0 Å². The Morgan fingerprint density at radius 1 is 1.36 bits per heavy atom. The first-order valence-electron chi connectivity index (χ1n) is 6.89. The van der Waals surface area contributed by atoms with Gasteiger partial charge in [-0.25, -0.2) is 8.42 Å². The van der Waals surface area contributed by atoms with Gasteiger partial charge in [0.25, 0.3) is 5.91 Å². The molecule has 0 aliphatic rings. The molecular formula is C15H18ClNO4S. The first-order chi connectivity index (χ1) is 10.2. The molecule has 2 rings (SSSR count). The van der Waals surface area contributed by atoms with Crippen LogP contribution >= 0.6 is 11.6 Å². The van der Waals surface area contributed by atoms with Crippen LogP contribution in [0, 0.1) is 0 Å². The van der Waals surface area contributed by atoms with Gasteiger partial charge in [-0.05, 0) is 38.1 Å². The molecule has 0 fully saturated rings. The lowest BCUT2D eigenvalue weighted by Gasteiger charge is -2.26. The smallest absolute Gasteiger partial charge is 0.289 e. The van der Waals surface area contributed by atoms with Gasteiger partial charge in [0.05, 0.1) is 5.75 Å². The number of hydrogen-bond acceptors (Lipinski definition) is 4. The van der Waals surface area contributed by atoms with Crippen LogP contribution in [0.15, 0.2) is 28.7 Å². The SMILES string of the molecule is CCN(C(=O)c1cc2cc(Cl)ccc2o1)C(C)CS(C)(=O)=O. The van der Waals surface area contributed by atoms with E-state index < -0.39 is 15.9 Å². The molecule has 1 aromatic heterocycles. The number of hydrogen-bond donors (Lipinski definition) is 0. The van der Waals surface area contributed by atoms with Crippen LogP contribution in [-0.4, -0.2) is 43.8 Å². The maximum absolute atomic E-state index is 12.6. The zero-order valence-corrected chi connectivity index (χ0v) is 14.2. The standard InChI is InChI=1S/C15H18ClNO4S/c1-4-17(10(2)9-22(3,19)20)15(18)14-8-11-7-12(16)5-6-13(11)21-14/h5-8,10H,4,9H2,1-3H3. The van der Waals surface area contributed by atoms with Crippen LogP contribution in [-0.2, 0) is 9.84 Å². The van der Waals surface area contributed by atoms with Gasteiger partial charge in [-0.15, -0.1) is 0 Å². The number of rotatable bonds is 5. The van der Waals surface area contributed by atoms with E-state index >= 15 is 0 Å². The van der Waals surface area contributed by atoms with Crippen molar-refractivity contribution in [2.75, 3.05) is 18.6 Å². The third kappa shape index (κ3) is 3.81. The summed E-state index contributed by atoms with van der Waals surface area (Å²) in [4.78, 5) is 14.0. The molecule has 0 aliphatic heterocycles. The highest BCUT2D eigenvalue weighted by molar-refractivity contribution is 7.90. The van der Waals surface area contributed by atoms with Gasteiger partial charge >= 0.3 is 0 Å². The number of fused-ring (bicyclic) bond motifs is 1. The molecule has 0 spiro atoms. The quantitative estimate of drug-likeness (QED) is 0.837. The van der Waals surface area contributed by atoms with E-state index in [0.29, 0.717) is 17.2 Å². The summed E-state index contributed by atoms with van der Waals surface area (Å²) in [7, 11) is -3.17. The van der Waals surface area contributed by atoms with Gasteiger partial charge in [-0.3, -0.25) is 4.79 Å². The van der Waals surface area contributed by atoms with E-state index in [1.165, 1.54) is 4.90 Å². The molecule has 0 saturated heterocycles. The Bertz CT molecular complexity index is 797. The fourth-order valence-corrected chi connectivity index (χ4v) is 3.68. The van der Waals surface area contributed by atoms with E-state index in [2.05, 4.69) is 0 Å². The van der Waals surface area contributed by atoms with Crippen LogP contribution in [0.2, 0.25) is 5.02 Å². The van der Waals surface area contributed by atoms with Crippen molar-refractivity contribution in [3.8, 4) is 0 Å². The minimum absolute atomic E-state index is 0.0847. The van der Waals surface area contributed by atoms with Crippen molar-refractivity contribution in [2.45, 2.75) is 19.9 Å². The second-order valence-electron chi connectivity index (χ2n) is 5.33. The summed E-state index contributed by atoms with van der Waals surface area (Å²) in [6, 6.07) is 6.30. The normalized spacial score (nSPS) is 13.3. The number of benzene rings is 1. The molecule has 0 bridgehead atoms. The summed E-state index contributed by atoms with van der Waals surface area (Å²) in [5.41, 5.74) is 0.569. The maximum atomic E-state index is 12.6. The van der Waals surface area contributed by atoms with Crippen molar-refractivity contribution in [1.82, 2.24) is 4.90 Å². The Morgan fingerprint density at radius 3 is 2.64 bits per heavy atom. The largest absolute Gasteiger partial charge is 0.451 e. The topological polar surface area (TPSA) is 67.6 Å². The number of nitrogens with zero attached hydrogens (tertiary/aromatic N) is 1. The Kier molecular flexibility index (Phi) is 4.82. The van der Waals surface area contributed by atoms with E-state index in [-0.39, 0.29) is 17.4 Å². The second-order valence-corrected chi connectivity index (χ2v) is 7.95. The molecule has 1 amide bonds. The zero-order valence-electron chi connectivity index (χ0n) is 12.7. The van der Waals surface area contributed by atoms with Crippen molar-refractivity contribution in [3.05, 3.63) is 35.0 Å². The number of amides is 1. The average molecular weight is 344 g/mol. The first kappa shape index (κ1) is 16.8. The molecule has 0 N–H and O–H groups in total. The lowest BCUT2D eigenvalue weighted by atomic mass is 10.2. The van der Waals surface area contributed by atoms with Crippen molar-refractivity contribution < 1.29 is 17.6 Å². The van der Waals surface area contributed by atoms with Gasteiger partial charge in [0, 0.05) is 29.3 Å². The van der Waals surface area contributed by atoms with E-state index in [4.69, 9.17) is 16.0 Å². The van der Waals surface area contributed by atoms with E-state index in [0.717, 1.165) is 11.6 Å². The predicted octanol–water partition coefficient (Wildman–Crippen LogP) is 2.98. The molecule has 2 aromatic rings. The van der Waals surface area contributed by atoms with Crippen molar-refractivity contribution in [1.29, 1.82) is 0 Å². The number of carbonyl (C=O) groups is 1. The van der Waals surface area contributed by atoms with Crippen LogP contribution in [0.5, 0.6) is 0 Å². The summed E-state index contributed by atoms with van der Waals surface area (Å²) >= 11 is 5.92. The summed E-state index contributed by atoms with van der Waals surface area (Å²) in [6.07, 6.45) is 1.16. The summed E-state index contributed by atoms with van der Waals surface area (Å²) < 4.78 is 28.4. The van der Waals surface area contributed by atoms with Crippen molar-refractivity contribution >= 4 is 38.3 Å². The van der Waals surface area contributed by atoms with Crippen molar-refractivity contribution in [2.24, 2.45) is 0 Å². The average Bonchev–Trinajstić information content (AvgIpc) is 2.80. The number of carbonyl (C=O) groups excluding carboxylic acids is 1. The summed E-state index contributed by atoms with van der Waals surface area (Å²) in [5.74, 6) is -0.232. The molecular weight excluding hydrogens is 326 g/mol. The van der Waals surface area contributed by atoms with Gasteiger partial charge in [-0.1, -0.05) is 11.6 Å². The molecule has 1 heterocycles. The molecule has 1 unspecified atom stereocenters. The van der Waals surface area contributed by atoms with Crippen LogP contribution < -0.4 is 0 Å². The highest BCUT2D eigenvalue weighted by Crippen LogP contribution is 2.24. The van der Waals surface area contributed by atoms with Gasteiger partial charge in [0.1, 0.15) is 15.4 Å². The number of furan rings is 1. The molecule has 0 aliphatic carbocycles. The van der Waals surface area contributed by atoms with E-state index in [9.17, 15) is 13.2 Å². The number of sulfone groups is 1. The first-order valence-corrected chi connectivity index (χ1v) is 9.33. The Balaban J connectivity index is 2.30. The number of halogens is 1. The summed E-state index contributed by atoms with van der Waals surface area (Å²) in [5, 5.41) is 1.30. The monoisotopic (exact) mass is 343 g/mol. The van der Waals surface area contributed by atoms with Crippen molar-refractivity contribution in [3.63, 3.8) is 0 Å². The molecule has 5 nitrogen and oxygen atoms in total. The Hall–Kier alpha value is -1.53. The molecule has 1 aromatic carbocycles. The fourth-order valence-electron chi connectivity index (χ4n) is 2.44. The molecule has 120 valence electrons. The molecule has 1 atom stereocenters. The van der Waals surface area contributed by atoms with E-state index in [1.807, 2.05) is 0 Å². The third-order valence-electron chi connectivity index (χ3n) is 3.37. The highest BCUT2D eigenvalue weighted by Gasteiger charge is 2.25. The lowest BCUT2D eigenvalue weighted by Crippen LogP contribution is -2.42. The fraction of sp³-hybridized carbons (Fsp3) is 0.400. The molecule has 0 radical (unpaired) electrons. The zero-order chi connectivity index (χ0) is 16.5. The molecule has 0 saturated carbocycles. The van der Waals surface area contributed by atoms with Gasteiger partial charge < -0.3 is 9.32 Å². The molecule has 22 heavy (non-hydrogen) atoms. The lowest BCUT2D eigenvalue weighted by molar-refractivity contribution is 0.0689.